The van der Waals surface area contributed by atoms with Crippen molar-refractivity contribution in [2.75, 3.05) is 6.54 Å². The molecule has 4 aliphatic carbocycles. The summed E-state index contributed by atoms with van der Waals surface area (Å²) >= 11 is 0. The van der Waals surface area contributed by atoms with Crippen LogP contribution in [0.5, 0.6) is 0 Å². The van der Waals surface area contributed by atoms with Crippen molar-refractivity contribution in [1.29, 1.82) is 0 Å². The van der Waals surface area contributed by atoms with Gasteiger partial charge in [-0.1, -0.05) is 26.7 Å². The number of Topliss-reactive ketones (excluding diaryl/α,β-unsaturated/α-hetero) is 1. The smallest absolute Gasteiger partial charge is 0.157 e. The van der Waals surface area contributed by atoms with Gasteiger partial charge in [-0.05, 0) is 99.2 Å². The van der Waals surface area contributed by atoms with Crippen LogP contribution in [0.15, 0.2) is 5.10 Å². The lowest BCUT2D eigenvalue weighted by Gasteiger charge is -2.56. The van der Waals surface area contributed by atoms with E-state index in [1.54, 1.807) is 6.92 Å². The third kappa shape index (κ3) is 3.62. The van der Waals surface area contributed by atoms with E-state index in [2.05, 4.69) is 18.9 Å². The number of ketones is 1. The quantitative estimate of drug-likeness (QED) is 0.317. The third-order valence-electron chi connectivity index (χ3n) is 9.96. The lowest BCUT2D eigenvalue weighted by atomic mass is 9.49. The zero-order valence-corrected chi connectivity index (χ0v) is 18.8. The second-order valence-electron chi connectivity index (χ2n) is 11.0. The van der Waals surface area contributed by atoms with Crippen LogP contribution in [0.25, 0.3) is 0 Å². The SMILES string of the molecule is CCC1CCC2C(CCC3C2CCC2(C)C(C(=O)CN(N)/C(C)=N\N)CCC32)C1. The van der Waals surface area contributed by atoms with Gasteiger partial charge in [-0.3, -0.25) is 9.80 Å². The number of hydrogen-bond donors (Lipinski definition) is 2. The Morgan fingerprint density at radius 1 is 1.07 bits per heavy atom. The number of hydrogen-bond acceptors (Lipinski definition) is 4. The predicted molar refractivity (Wildman–Crippen MR) is 118 cm³/mol. The number of rotatable bonds is 4. The molecule has 0 aromatic heterocycles. The van der Waals surface area contributed by atoms with Gasteiger partial charge < -0.3 is 5.84 Å². The van der Waals surface area contributed by atoms with Gasteiger partial charge in [0.2, 0.25) is 0 Å². The lowest BCUT2D eigenvalue weighted by Crippen LogP contribution is -2.50. The molecule has 0 heterocycles. The molecule has 0 aromatic rings. The Labute approximate surface area is 177 Å². The van der Waals surface area contributed by atoms with E-state index in [0.29, 0.717) is 5.84 Å². The summed E-state index contributed by atoms with van der Waals surface area (Å²) in [4.78, 5) is 13.2. The molecule has 0 amide bonds. The molecule has 0 bridgehead atoms. The highest BCUT2D eigenvalue weighted by Crippen LogP contribution is 2.64. The highest BCUT2D eigenvalue weighted by molar-refractivity contribution is 5.89. The van der Waals surface area contributed by atoms with E-state index in [1.807, 2.05) is 0 Å². The van der Waals surface area contributed by atoms with Gasteiger partial charge >= 0.3 is 0 Å². The minimum Gasteiger partial charge on any atom is -0.322 e. The Balaban J connectivity index is 1.45. The van der Waals surface area contributed by atoms with Gasteiger partial charge in [-0.15, -0.1) is 0 Å². The summed E-state index contributed by atoms with van der Waals surface area (Å²) in [6.45, 7) is 6.79. The molecule has 0 radical (unpaired) electrons. The molecule has 0 aliphatic heterocycles. The number of hydrazone groups is 1. The molecule has 8 atom stereocenters. The van der Waals surface area contributed by atoms with E-state index in [9.17, 15) is 4.79 Å². The third-order valence-corrected chi connectivity index (χ3v) is 9.96. The molecule has 8 unspecified atom stereocenters. The maximum atomic E-state index is 13.2. The number of amidine groups is 1. The Hall–Kier alpha value is -1.10. The van der Waals surface area contributed by atoms with Crippen LogP contribution in [0.4, 0.5) is 0 Å². The second kappa shape index (κ2) is 8.20. The zero-order valence-electron chi connectivity index (χ0n) is 18.8. The van der Waals surface area contributed by atoms with Crippen molar-refractivity contribution in [3.05, 3.63) is 0 Å². The van der Waals surface area contributed by atoms with Gasteiger partial charge in [0.05, 0.1) is 6.54 Å². The van der Waals surface area contributed by atoms with Crippen LogP contribution >= 0.6 is 0 Å². The lowest BCUT2D eigenvalue weighted by molar-refractivity contribution is -0.130. The van der Waals surface area contributed by atoms with Gasteiger partial charge in [0.25, 0.3) is 0 Å². The van der Waals surface area contributed by atoms with E-state index in [1.165, 1.54) is 62.8 Å². The topological polar surface area (TPSA) is 84.7 Å². The molecule has 4 fully saturated rings. The zero-order chi connectivity index (χ0) is 20.8. The van der Waals surface area contributed by atoms with Crippen LogP contribution in [0.1, 0.15) is 85.0 Å². The Morgan fingerprint density at radius 3 is 2.55 bits per heavy atom. The van der Waals surface area contributed by atoms with Crippen LogP contribution in [0, 0.1) is 46.8 Å². The molecule has 0 saturated heterocycles. The van der Waals surface area contributed by atoms with Crippen LogP contribution in [-0.2, 0) is 4.79 Å². The van der Waals surface area contributed by atoms with Gasteiger partial charge in [-0.2, -0.15) is 5.10 Å². The summed E-state index contributed by atoms with van der Waals surface area (Å²) in [5, 5.41) is 5.05. The summed E-state index contributed by atoms with van der Waals surface area (Å²) < 4.78 is 0. The fourth-order valence-corrected chi connectivity index (χ4v) is 8.32. The van der Waals surface area contributed by atoms with E-state index >= 15 is 0 Å². The summed E-state index contributed by atoms with van der Waals surface area (Å²) in [7, 11) is 0. The Morgan fingerprint density at radius 2 is 1.83 bits per heavy atom. The summed E-state index contributed by atoms with van der Waals surface area (Å²) in [6.07, 6.45) is 13.5. The number of nitrogens with two attached hydrogens (primary N) is 2. The van der Waals surface area contributed by atoms with Gasteiger partial charge in [-0.25, -0.2) is 5.84 Å². The van der Waals surface area contributed by atoms with Gasteiger partial charge in [0.1, 0.15) is 5.84 Å². The fraction of sp³-hybridized carbons (Fsp3) is 0.917. The van der Waals surface area contributed by atoms with Crippen molar-refractivity contribution >= 4 is 11.6 Å². The Kier molecular flexibility index (Phi) is 5.98. The fourth-order valence-electron chi connectivity index (χ4n) is 8.32. The van der Waals surface area contributed by atoms with Crippen LogP contribution < -0.4 is 11.7 Å². The molecule has 5 nitrogen and oxygen atoms in total. The molecule has 5 heteroatoms. The minimum atomic E-state index is 0.152. The first-order chi connectivity index (χ1) is 13.9. The minimum absolute atomic E-state index is 0.152. The highest BCUT2D eigenvalue weighted by atomic mass is 16.1. The van der Waals surface area contributed by atoms with E-state index in [-0.39, 0.29) is 23.7 Å². The molecular formula is C24H42N4O. The standard InChI is InChI=1S/C24H42N4O/c1-4-16-5-7-18-17(13-16)6-8-20-19(18)11-12-24(3)21(20)9-10-22(24)23(29)14-28(26)15(2)27-25/h16-22H,4-14,25-26H2,1-3H3/b27-15-. The number of carbonyl (C=O) groups excluding carboxylic acids is 1. The van der Waals surface area contributed by atoms with Crippen LogP contribution in [-0.4, -0.2) is 23.2 Å². The summed E-state index contributed by atoms with van der Waals surface area (Å²) in [5.41, 5.74) is 0.167. The van der Waals surface area contributed by atoms with Gasteiger partial charge in [0.15, 0.2) is 5.78 Å². The molecule has 4 N–H and O–H groups in total. The second-order valence-corrected chi connectivity index (χ2v) is 11.0. The van der Waals surface area contributed by atoms with Crippen LogP contribution in [0.3, 0.4) is 0 Å². The van der Waals surface area contributed by atoms with Crippen molar-refractivity contribution in [3.63, 3.8) is 0 Å². The first-order valence-electron chi connectivity index (χ1n) is 12.2. The highest BCUT2D eigenvalue weighted by Gasteiger charge is 2.58. The van der Waals surface area contributed by atoms with Gasteiger partial charge in [0, 0.05) is 5.92 Å². The summed E-state index contributed by atoms with van der Waals surface area (Å²) in [6, 6.07) is 0. The molecule has 0 spiro atoms. The van der Waals surface area contributed by atoms with Crippen molar-refractivity contribution in [1.82, 2.24) is 5.01 Å². The van der Waals surface area contributed by atoms with Crippen molar-refractivity contribution in [2.24, 2.45) is 63.6 Å². The van der Waals surface area contributed by atoms with E-state index in [4.69, 9.17) is 11.7 Å². The Bertz CT molecular complexity index is 649. The number of hydrazine groups is 1. The monoisotopic (exact) mass is 402 g/mol. The van der Waals surface area contributed by atoms with E-state index < -0.39 is 0 Å². The molecule has 29 heavy (non-hydrogen) atoms. The van der Waals surface area contributed by atoms with Crippen molar-refractivity contribution in [3.8, 4) is 0 Å². The maximum Gasteiger partial charge on any atom is 0.157 e. The van der Waals surface area contributed by atoms with Crippen molar-refractivity contribution < 1.29 is 4.79 Å². The number of carbonyl (C=O) groups is 1. The number of nitrogens with zero attached hydrogens (tertiary/aromatic N) is 2. The molecule has 4 saturated carbocycles. The molecular weight excluding hydrogens is 360 g/mol. The predicted octanol–water partition coefficient (Wildman–Crippen LogP) is 4.32. The normalized spacial score (nSPS) is 44.6. The maximum absolute atomic E-state index is 13.2. The molecule has 4 rings (SSSR count). The van der Waals surface area contributed by atoms with Crippen molar-refractivity contribution in [2.45, 2.75) is 85.0 Å². The largest absolute Gasteiger partial charge is 0.322 e. The average Bonchev–Trinajstić information content (AvgIpc) is 3.09. The number of fused-ring (bicyclic) bond motifs is 5. The molecule has 4 aliphatic rings. The van der Waals surface area contributed by atoms with Crippen LogP contribution in [0.2, 0.25) is 0 Å². The van der Waals surface area contributed by atoms with E-state index in [0.717, 1.165) is 41.9 Å². The first kappa shape index (κ1) is 21.1. The average molecular weight is 403 g/mol. The first-order valence-corrected chi connectivity index (χ1v) is 12.2. The molecule has 164 valence electrons. The molecule has 0 aromatic carbocycles. The summed E-state index contributed by atoms with van der Waals surface area (Å²) in [5.74, 6) is 17.8.